The highest BCUT2D eigenvalue weighted by Crippen LogP contribution is 2.40. The van der Waals surface area contributed by atoms with Crippen molar-refractivity contribution < 1.29 is 18.3 Å². The number of carbonyl (C=O) groups excluding carboxylic acids is 1. The summed E-state index contributed by atoms with van der Waals surface area (Å²) in [6.45, 7) is 0. The quantitative estimate of drug-likeness (QED) is 0.252. The Morgan fingerprint density at radius 2 is 1.50 bits per heavy atom. The van der Waals surface area contributed by atoms with Crippen LogP contribution in [0.2, 0.25) is 0 Å². The number of sulfonamides is 1. The Bertz CT molecular complexity index is 1460. The third-order valence-electron chi connectivity index (χ3n) is 4.65. The fourth-order valence-corrected chi connectivity index (χ4v) is 4.64. The molecular formula is C23H16BrN3O4S. The molecule has 0 bridgehead atoms. The average Bonchev–Trinajstić information content (AvgIpc) is 2.80. The van der Waals surface area contributed by atoms with Gasteiger partial charge in [-0.05, 0) is 46.3 Å². The standard InChI is InChI=1S/C23H16BrN3O4S/c24-19-13-7-6-12-18(19)23(29)26-25-21-14-20(16-10-4-5-11-17(16)22(21)28)27-32(30,31)15-8-2-1-3-9-15/h1-14,27-28H. The lowest BCUT2D eigenvalue weighted by molar-refractivity contribution is 0.0994. The maximum atomic E-state index is 12.8. The Morgan fingerprint density at radius 1 is 0.875 bits per heavy atom. The van der Waals surface area contributed by atoms with E-state index in [1.807, 2.05) is 0 Å². The van der Waals surface area contributed by atoms with Crippen molar-refractivity contribution in [2.45, 2.75) is 4.90 Å². The van der Waals surface area contributed by atoms with E-state index < -0.39 is 15.9 Å². The van der Waals surface area contributed by atoms with Crippen molar-refractivity contribution in [3.05, 3.63) is 95.0 Å². The highest BCUT2D eigenvalue weighted by atomic mass is 79.9. The number of carbonyl (C=O) groups is 1. The second-order valence-corrected chi connectivity index (χ2v) is 9.28. The van der Waals surface area contributed by atoms with Gasteiger partial charge in [0.15, 0.2) is 5.75 Å². The van der Waals surface area contributed by atoms with Crippen molar-refractivity contribution in [2.75, 3.05) is 4.72 Å². The second kappa shape index (κ2) is 8.89. The minimum absolute atomic E-state index is 0.0464. The van der Waals surface area contributed by atoms with E-state index in [4.69, 9.17) is 0 Å². The van der Waals surface area contributed by atoms with Gasteiger partial charge < -0.3 is 5.11 Å². The fourth-order valence-electron chi connectivity index (χ4n) is 3.10. The van der Waals surface area contributed by atoms with Gasteiger partial charge >= 0.3 is 0 Å². The highest BCUT2D eigenvalue weighted by molar-refractivity contribution is 9.10. The third kappa shape index (κ3) is 4.39. The number of phenols is 1. The number of hydrogen-bond donors (Lipinski definition) is 2. The number of halogens is 1. The van der Waals surface area contributed by atoms with E-state index in [0.29, 0.717) is 20.8 Å². The number of fused-ring (bicyclic) bond motifs is 1. The van der Waals surface area contributed by atoms with Crippen LogP contribution in [0.4, 0.5) is 11.4 Å². The summed E-state index contributed by atoms with van der Waals surface area (Å²) in [5.41, 5.74) is 0.459. The van der Waals surface area contributed by atoms with Gasteiger partial charge in [-0.3, -0.25) is 9.52 Å². The Kier molecular flexibility index (Phi) is 6.02. The zero-order chi connectivity index (χ0) is 22.7. The Morgan fingerprint density at radius 3 is 2.22 bits per heavy atom. The first kappa shape index (κ1) is 21.7. The summed E-state index contributed by atoms with van der Waals surface area (Å²) in [4.78, 5) is 12.5. The maximum Gasteiger partial charge on any atom is 0.296 e. The molecule has 0 radical (unpaired) electrons. The number of phenolic OH excluding ortho intramolecular Hbond substituents is 1. The lowest BCUT2D eigenvalue weighted by atomic mass is 10.1. The zero-order valence-electron chi connectivity index (χ0n) is 16.4. The van der Waals surface area contributed by atoms with Gasteiger partial charge in [0, 0.05) is 15.2 Å². The lowest BCUT2D eigenvalue weighted by Crippen LogP contribution is -2.13. The van der Waals surface area contributed by atoms with Crippen molar-refractivity contribution in [3.63, 3.8) is 0 Å². The maximum absolute atomic E-state index is 12.8. The van der Waals surface area contributed by atoms with Crippen LogP contribution >= 0.6 is 15.9 Å². The summed E-state index contributed by atoms with van der Waals surface area (Å²) >= 11 is 3.29. The molecule has 7 nitrogen and oxygen atoms in total. The van der Waals surface area contributed by atoms with Gasteiger partial charge in [0.25, 0.3) is 15.9 Å². The topological polar surface area (TPSA) is 108 Å². The molecule has 0 spiro atoms. The molecule has 0 saturated heterocycles. The number of azo groups is 1. The minimum Gasteiger partial charge on any atom is -0.505 e. The number of rotatable bonds is 5. The summed E-state index contributed by atoms with van der Waals surface area (Å²) in [5, 5.41) is 19.1. The van der Waals surface area contributed by atoms with Crippen LogP contribution in [0, 0.1) is 0 Å². The molecule has 4 rings (SSSR count). The number of nitrogens with zero attached hydrogens (tertiary/aromatic N) is 2. The normalized spacial score (nSPS) is 11.7. The van der Waals surface area contributed by atoms with Gasteiger partial charge in [0.2, 0.25) is 0 Å². The molecule has 0 atom stereocenters. The number of nitrogens with one attached hydrogen (secondary N) is 1. The molecule has 4 aromatic carbocycles. The Balaban J connectivity index is 1.77. The first-order valence-electron chi connectivity index (χ1n) is 9.40. The van der Waals surface area contributed by atoms with E-state index in [0.717, 1.165) is 0 Å². The number of anilines is 1. The van der Waals surface area contributed by atoms with Crippen molar-refractivity contribution in [2.24, 2.45) is 10.2 Å². The van der Waals surface area contributed by atoms with Crippen LogP contribution in [-0.2, 0) is 10.0 Å². The Hall–Kier alpha value is -3.56. The number of benzene rings is 4. The molecule has 0 fully saturated rings. The van der Waals surface area contributed by atoms with Gasteiger partial charge in [0.05, 0.1) is 16.1 Å². The SMILES string of the molecule is O=C(N=Nc1cc(NS(=O)(=O)c2ccccc2)c2ccccc2c1O)c1ccccc1Br. The smallest absolute Gasteiger partial charge is 0.296 e. The molecule has 2 N–H and O–H groups in total. The van der Waals surface area contributed by atoms with Gasteiger partial charge in [0.1, 0.15) is 5.69 Å². The van der Waals surface area contributed by atoms with Gasteiger partial charge in [-0.15, -0.1) is 10.2 Å². The van der Waals surface area contributed by atoms with E-state index in [1.165, 1.54) is 18.2 Å². The summed E-state index contributed by atoms with van der Waals surface area (Å²) in [7, 11) is -3.89. The molecule has 0 saturated carbocycles. The first-order chi connectivity index (χ1) is 15.4. The fraction of sp³-hybridized carbons (Fsp3) is 0. The molecule has 4 aromatic rings. The minimum atomic E-state index is -3.89. The van der Waals surface area contributed by atoms with Crippen LogP contribution in [0.1, 0.15) is 10.4 Å². The molecule has 0 aliphatic rings. The van der Waals surface area contributed by atoms with Gasteiger partial charge in [-0.2, -0.15) is 0 Å². The van der Waals surface area contributed by atoms with E-state index in [9.17, 15) is 18.3 Å². The summed E-state index contributed by atoms with van der Waals surface area (Å²) in [6, 6.07) is 22.7. The van der Waals surface area contributed by atoms with Gasteiger partial charge in [-0.1, -0.05) is 54.6 Å². The molecule has 160 valence electrons. The van der Waals surface area contributed by atoms with Crippen LogP contribution in [-0.4, -0.2) is 19.4 Å². The predicted molar refractivity (Wildman–Crippen MR) is 126 cm³/mol. The average molecular weight is 510 g/mol. The van der Waals surface area contributed by atoms with Crippen molar-refractivity contribution >= 4 is 54.0 Å². The van der Waals surface area contributed by atoms with Crippen LogP contribution in [0.3, 0.4) is 0 Å². The zero-order valence-corrected chi connectivity index (χ0v) is 18.8. The van der Waals surface area contributed by atoms with Crippen molar-refractivity contribution in [1.29, 1.82) is 0 Å². The number of aromatic hydroxyl groups is 1. The van der Waals surface area contributed by atoms with E-state index in [-0.39, 0.29) is 22.0 Å². The summed E-state index contributed by atoms with van der Waals surface area (Å²) in [5.74, 6) is -0.830. The van der Waals surface area contributed by atoms with Crippen LogP contribution in [0.25, 0.3) is 10.8 Å². The molecular weight excluding hydrogens is 494 g/mol. The molecule has 0 heterocycles. The predicted octanol–water partition coefficient (Wildman–Crippen LogP) is 6.03. The highest BCUT2D eigenvalue weighted by Gasteiger charge is 2.18. The summed E-state index contributed by atoms with van der Waals surface area (Å²) < 4.78 is 28.8. The molecule has 0 aliphatic heterocycles. The monoisotopic (exact) mass is 509 g/mol. The van der Waals surface area contributed by atoms with E-state index in [2.05, 4.69) is 30.9 Å². The molecule has 0 unspecified atom stereocenters. The van der Waals surface area contributed by atoms with Crippen molar-refractivity contribution in [1.82, 2.24) is 0 Å². The van der Waals surface area contributed by atoms with Crippen molar-refractivity contribution in [3.8, 4) is 5.75 Å². The summed E-state index contributed by atoms with van der Waals surface area (Å²) in [6.07, 6.45) is 0. The first-order valence-corrected chi connectivity index (χ1v) is 11.7. The molecule has 0 aliphatic carbocycles. The molecule has 1 amide bonds. The van der Waals surface area contributed by atoms with Crippen LogP contribution in [0.15, 0.2) is 105 Å². The largest absolute Gasteiger partial charge is 0.505 e. The number of amides is 1. The molecule has 9 heteroatoms. The van der Waals surface area contributed by atoms with E-state index in [1.54, 1.807) is 66.7 Å². The van der Waals surface area contributed by atoms with Crippen LogP contribution in [0.5, 0.6) is 5.75 Å². The molecule has 0 aromatic heterocycles. The van der Waals surface area contributed by atoms with Gasteiger partial charge in [-0.25, -0.2) is 8.42 Å². The third-order valence-corrected chi connectivity index (χ3v) is 6.72. The van der Waals surface area contributed by atoms with E-state index >= 15 is 0 Å². The second-order valence-electron chi connectivity index (χ2n) is 6.74. The molecule has 32 heavy (non-hydrogen) atoms. The Labute approximate surface area is 192 Å². The lowest BCUT2D eigenvalue weighted by Gasteiger charge is -2.13. The number of hydrogen-bond acceptors (Lipinski definition) is 5. The van der Waals surface area contributed by atoms with Crippen LogP contribution < -0.4 is 4.72 Å².